The fraction of sp³-hybridized carbons (Fsp3) is 0.737. The zero-order valence-corrected chi connectivity index (χ0v) is 19.5. The van der Waals surface area contributed by atoms with Gasteiger partial charge in [-0.15, -0.1) is 0 Å². The van der Waals surface area contributed by atoms with Crippen molar-refractivity contribution in [2.75, 3.05) is 18.1 Å². The normalized spacial score (nSPS) is 12.0. The Bertz CT molecular complexity index is 721. The van der Waals surface area contributed by atoms with E-state index in [1.165, 1.54) is 44.6 Å². The lowest BCUT2D eigenvalue weighted by atomic mass is 10.0. The van der Waals surface area contributed by atoms with E-state index in [-0.39, 0.29) is 9.52 Å². The van der Waals surface area contributed by atoms with Crippen LogP contribution in [0.15, 0.2) is 15.8 Å². The SMILES string of the molecule is CCCCCCCC(C)(C)[SiH2]CCSCCNC(=O)n1cc(F)c(=O)[nH]c1=O. The Morgan fingerprint density at radius 3 is 2.68 bits per heavy atom. The van der Waals surface area contributed by atoms with Crippen molar-refractivity contribution in [3.8, 4) is 0 Å². The largest absolute Gasteiger partial charge is 0.336 e. The molecule has 160 valence electrons. The number of H-pyrrole nitrogens is 1. The van der Waals surface area contributed by atoms with Crippen molar-refractivity contribution in [2.24, 2.45) is 0 Å². The number of nitrogens with zero attached hydrogens (tertiary/aromatic N) is 1. The summed E-state index contributed by atoms with van der Waals surface area (Å²) in [6.45, 7) is 7.42. The highest BCUT2D eigenvalue weighted by Crippen LogP contribution is 2.31. The smallest absolute Gasteiger partial charge is 0.336 e. The van der Waals surface area contributed by atoms with Gasteiger partial charge in [-0.3, -0.25) is 9.78 Å². The van der Waals surface area contributed by atoms with Gasteiger partial charge in [0, 0.05) is 21.8 Å². The van der Waals surface area contributed by atoms with Gasteiger partial charge in [0.2, 0.25) is 5.82 Å². The Balaban J connectivity index is 2.16. The lowest BCUT2D eigenvalue weighted by Gasteiger charge is -2.24. The third-order valence-corrected chi connectivity index (χ3v) is 8.74. The molecule has 0 aliphatic carbocycles. The van der Waals surface area contributed by atoms with Crippen molar-refractivity contribution in [1.82, 2.24) is 14.9 Å². The number of hydrogen-bond donors (Lipinski definition) is 2. The molecule has 0 bridgehead atoms. The minimum absolute atomic E-state index is 0.135. The molecule has 0 spiro atoms. The molecule has 0 saturated heterocycles. The summed E-state index contributed by atoms with van der Waals surface area (Å²) in [6.07, 6.45) is 8.61. The molecule has 0 aliphatic rings. The number of halogens is 1. The molecule has 0 aromatic carbocycles. The van der Waals surface area contributed by atoms with Crippen LogP contribution in [0.25, 0.3) is 0 Å². The van der Waals surface area contributed by atoms with E-state index in [2.05, 4.69) is 26.1 Å². The van der Waals surface area contributed by atoms with Crippen LogP contribution in [-0.2, 0) is 0 Å². The van der Waals surface area contributed by atoms with Crippen LogP contribution in [0.4, 0.5) is 9.18 Å². The number of aromatic amines is 1. The molecule has 0 fully saturated rings. The fourth-order valence-electron chi connectivity index (χ4n) is 3.00. The van der Waals surface area contributed by atoms with E-state index in [0.717, 1.165) is 11.5 Å². The van der Waals surface area contributed by atoms with Crippen molar-refractivity contribution < 1.29 is 9.18 Å². The van der Waals surface area contributed by atoms with E-state index in [9.17, 15) is 18.8 Å². The molecule has 1 rings (SSSR count). The lowest BCUT2D eigenvalue weighted by Crippen LogP contribution is -2.41. The Labute approximate surface area is 172 Å². The second-order valence-corrected chi connectivity index (χ2v) is 12.2. The van der Waals surface area contributed by atoms with Crippen molar-refractivity contribution in [2.45, 2.75) is 70.4 Å². The summed E-state index contributed by atoms with van der Waals surface area (Å²) in [5, 5.41) is 3.07. The van der Waals surface area contributed by atoms with Crippen LogP contribution >= 0.6 is 11.8 Å². The molecule has 1 aromatic heterocycles. The van der Waals surface area contributed by atoms with E-state index in [0.29, 0.717) is 22.3 Å². The summed E-state index contributed by atoms with van der Waals surface area (Å²) in [5.74, 6) is 0.648. The number of carbonyl (C=O) groups is 1. The average molecular weight is 432 g/mol. The molecule has 1 heterocycles. The highest BCUT2D eigenvalue weighted by atomic mass is 32.2. The molecule has 0 saturated carbocycles. The molecular weight excluding hydrogens is 397 g/mol. The fourth-order valence-corrected chi connectivity index (χ4v) is 6.30. The summed E-state index contributed by atoms with van der Waals surface area (Å²) >= 11 is 1.78. The molecule has 6 nitrogen and oxygen atoms in total. The molecule has 9 heteroatoms. The standard InChI is InChI=1S/C19H34FN3O3SSi/c1-4-5-6-7-8-9-19(2,3)28-13-12-27-11-10-21-17(25)23-14-15(20)16(24)22-18(23)26/h14H,4-13,28H2,1-3H3,(H,21,25)(H,22,24,26). The molecule has 0 atom stereocenters. The maximum Gasteiger partial charge on any atom is 0.336 e. The number of amides is 1. The predicted octanol–water partition coefficient (Wildman–Crippen LogP) is 3.11. The number of rotatable bonds is 13. The highest BCUT2D eigenvalue weighted by Gasteiger charge is 2.17. The Kier molecular flexibility index (Phi) is 11.4. The van der Waals surface area contributed by atoms with Crippen LogP contribution in [-0.4, -0.2) is 43.2 Å². The Hall–Kier alpha value is -1.35. The van der Waals surface area contributed by atoms with E-state index >= 15 is 0 Å². The summed E-state index contributed by atoms with van der Waals surface area (Å²) in [5.41, 5.74) is -2.07. The van der Waals surface area contributed by atoms with Gasteiger partial charge in [-0.2, -0.15) is 16.2 Å². The van der Waals surface area contributed by atoms with E-state index in [1.807, 2.05) is 0 Å². The topological polar surface area (TPSA) is 84.0 Å². The highest BCUT2D eigenvalue weighted by molar-refractivity contribution is 7.99. The van der Waals surface area contributed by atoms with Gasteiger partial charge in [0.15, 0.2) is 0 Å². The second kappa shape index (κ2) is 13.0. The van der Waals surface area contributed by atoms with Crippen LogP contribution in [0, 0.1) is 5.82 Å². The van der Waals surface area contributed by atoms with Gasteiger partial charge in [-0.1, -0.05) is 65.3 Å². The minimum Gasteiger partial charge on any atom is -0.336 e. The molecule has 0 unspecified atom stereocenters. The second-order valence-electron chi connectivity index (χ2n) is 7.88. The molecule has 28 heavy (non-hydrogen) atoms. The molecule has 0 radical (unpaired) electrons. The van der Waals surface area contributed by atoms with E-state index in [1.54, 1.807) is 16.7 Å². The summed E-state index contributed by atoms with van der Waals surface area (Å²) in [6, 6.07) is 0.532. The molecule has 1 amide bonds. The molecule has 0 aliphatic heterocycles. The zero-order chi connectivity index (χ0) is 21.0. The quantitative estimate of drug-likeness (QED) is 0.371. The lowest BCUT2D eigenvalue weighted by molar-refractivity contribution is 0.241. The van der Waals surface area contributed by atoms with Gasteiger partial charge in [-0.25, -0.2) is 14.2 Å². The number of unbranched alkanes of at least 4 members (excludes halogenated alkanes) is 4. The maximum absolute atomic E-state index is 13.2. The monoisotopic (exact) mass is 431 g/mol. The number of nitrogens with one attached hydrogen (secondary N) is 2. The number of aromatic nitrogens is 2. The van der Waals surface area contributed by atoms with Crippen molar-refractivity contribution in [3.63, 3.8) is 0 Å². The maximum atomic E-state index is 13.2. The summed E-state index contributed by atoms with van der Waals surface area (Å²) < 4.78 is 13.7. The van der Waals surface area contributed by atoms with E-state index < -0.39 is 23.1 Å². The summed E-state index contributed by atoms with van der Waals surface area (Å²) in [4.78, 5) is 36.1. The first-order valence-corrected chi connectivity index (χ1v) is 13.0. The number of carbonyl (C=O) groups excluding carboxylic acids is 1. The predicted molar refractivity (Wildman–Crippen MR) is 118 cm³/mol. The van der Waals surface area contributed by atoms with Crippen LogP contribution in [0.3, 0.4) is 0 Å². The van der Waals surface area contributed by atoms with Crippen LogP contribution in [0.5, 0.6) is 0 Å². The first-order valence-electron chi connectivity index (χ1n) is 10.1. The van der Waals surface area contributed by atoms with Gasteiger partial charge in [0.25, 0.3) is 5.56 Å². The van der Waals surface area contributed by atoms with Gasteiger partial charge in [0.05, 0.1) is 6.20 Å². The van der Waals surface area contributed by atoms with Crippen LogP contribution < -0.4 is 16.6 Å². The average Bonchev–Trinajstić information content (AvgIpc) is 2.63. The van der Waals surface area contributed by atoms with Crippen molar-refractivity contribution in [3.05, 3.63) is 32.9 Å². The summed E-state index contributed by atoms with van der Waals surface area (Å²) in [7, 11) is -0.135. The first kappa shape index (κ1) is 24.7. The van der Waals surface area contributed by atoms with Gasteiger partial charge in [-0.05, 0) is 10.8 Å². The van der Waals surface area contributed by atoms with Gasteiger partial charge in [0.1, 0.15) is 0 Å². The molecule has 2 N–H and O–H groups in total. The Morgan fingerprint density at radius 2 is 1.96 bits per heavy atom. The van der Waals surface area contributed by atoms with Gasteiger partial charge >= 0.3 is 11.7 Å². The minimum atomic E-state index is -1.16. The molecule has 1 aromatic rings. The molecular formula is C19H34FN3O3SSi. The van der Waals surface area contributed by atoms with Crippen LogP contribution in [0.2, 0.25) is 11.1 Å². The number of hydrogen-bond acceptors (Lipinski definition) is 4. The zero-order valence-electron chi connectivity index (χ0n) is 17.3. The van der Waals surface area contributed by atoms with Crippen LogP contribution in [0.1, 0.15) is 59.3 Å². The van der Waals surface area contributed by atoms with E-state index in [4.69, 9.17) is 0 Å². The van der Waals surface area contributed by atoms with Crippen molar-refractivity contribution in [1.29, 1.82) is 0 Å². The third kappa shape index (κ3) is 9.72. The first-order chi connectivity index (χ1) is 13.3. The Morgan fingerprint density at radius 1 is 1.25 bits per heavy atom. The third-order valence-electron chi connectivity index (χ3n) is 4.74. The van der Waals surface area contributed by atoms with Gasteiger partial charge < -0.3 is 5.32 Å². The van der Waals surface area contributed by atoms with Crippen molar-refractivity contribution >= 4 is 27.3 Å². The number of thioether (sulfide) groups is 1.